The topological polar surface area (TPSA) is 118 Å². The molecule has 0 unspecified atom stereocenters. The fraction of sp³-hybridized carbons (Fsp3) is 0.231. The number of nitrogens with zero attached hydrogens (tertiary/aromatic N) is 5. The zero-order valence-corrected chi connectivity index (χ0v) is 13.6. The van der Waals surface area contributed by atoms with Gasteiger partial charge in [-0.3, -0.25) is 9.82 Å². The Morgan fingerprint density at radius 1 is 1.22 bits per heavy atom. The second-order valence-electron chi connectivity index (χ2n) is 5.07. The van der Waals surface area contributed by atoms with Gasteiger partial charge in [-0.2, -0.15) is 5.10 Å². The van der Waals surface area contributed by atoms with Crippen LogP contribution < -0.4 is 4.72 Å². The molecular weight excluding hydrogens is 318 g/mol. The van der Waals surface area contributed by atoms with Crippen LogP contribution in [0.1, 0.15) is 17.0 Å². The van der Waals surface area contributed by atoms with E-state index in [1.54, 1.807) is 39.0 Å². The minimum absolute atomic E-state index is 0.157. The first kappa shape index (κ1) is 15.2. The number of rotatable bonds is 4. The lowest BCUT2D eigenvalue weighted by Gasteiger charge is -2.13. The van der Waals surface area contributed by atoms with E-state index in [-0.39, 0.29) is 4.90 Å². The van der Waals surface area contributed by atoms with Crippen LogP contribution in [0.3, 0.4) is 0 Å². The van der Waals surface area contributed by atoms with Gasteiger partial charge < -0.3 is 0 Å². The van der Waals surface area contributed by atoms with Crippen molar-refractivity contribution in [2.45, 2.75) is 25.7 Å². The van der Waals surface area contributed by atoms with Gasteiger partial charge in [0.15, 0.2) is 0 Å². The molecule has 0 aliphatic heterocycles. The maximum Gasteiger partial charge on any atom is 0.265 e. The highest BCUT2D eigenvalue weighted by atomic mass is 32.2. The fourth-order valence-corrected chi connectivity index (χ4v) is 3.88. The van der Waals surface area contributed by atoms with Crippen molar-refractivity contribution >= 4 is 15.7 Å². The molecule has 0 amide bonds. The summed E-state index contributed by atoms with van der Waals surface area (Å²) in [7, 11) is -3.74. The zero-order valence-electron chi connectivity index (χ0n) is 12.8. The lowest BCUT2D eigenvalue weighted by Crippen LogP contribution is -2.16. The molecule has 0 radical (unpaired) electrons. The first-order valence-corrected chi connectivity index (χ1v) is 8.26. The number of aromatic nitrogens is 6. The molecule has 0 aliphatic rings. The van der Waals surface area contributed by atoms with Crippen LogP contribution >= 0.6 is 0 Å². The number of nitrogens with one attached hydrogen (secondary N) is 2. The summed E-state index contributed by atoms with van der Waals surface area (Å²) in [5.41, 5.74) is 2.77. The third-order valence-electron chi connectivity index (χ3n) is 3.47. The molecule has 2 N–H and O–H groups in total. The van der Waals surface area contributed by atoms with E-state index in [0.717, 1.165) is 0 Å². The van der Waals surface area contributed by atoms with E-state index in [1.165, 1.54) is 11.0 Å². The molecule has 23 heavy (non-hydrogen) atoms. The van der Waals surface area contributed by atoms with Gasteiger partial charge in [-0.25, -0.2) is 13.1 Å². The van der Waals surface area contributed by atoms with Gasteiger partial charge >= 0.3 is 0 Å². The second-order valence-corrected chi connectivity index (χ2v) is 6.69. The molecule has 0 fully saturated rings. The molecule has 3 rings (SSSR count). The molecule has 3 aromatic rings. The predicted molar refractivity (Wildman–Crippen MR) is 82.8 cm³/mol. The Labute approximate surface area is 132 Å². The molecule has 0 atom stereocenters. The van der Waals surface area contributed by atoms with Gasteiger partial charge in [0, 0.05) is 0 Å². The van der Waals surface area contributed by atoms with Crippen LogP contribution in [0, 0.1) is 20.8 Å². The van der Waals surface area contributed by atoms with Crippen molar-refractivity contribution in [3.8, 4) is 5.69 Å². The molecule has 0 saturated carbocycles. The number of hydrogen-bond donors (Lipinski definition) is 2. The first-order valence-electron chi connectivity index (χ1n) is 6.77. The second kappa shape index (κ2) is 5.47. The Balaban J connectivity index is 2.03. The van der Waals surface area contributed by atoms with Crippen molar-refractivity contribution in [3.63, 3.8) is 0 Å². The number of tetrazole rings is 1. The van der Waals surface area contributed by atoms with Crippen molar-refractivity contribution in [2.24, 2.45) is 0 Å². The number of sulfonamides is 1. The van der Waals surface area contributed by atoms with E-state index in [1.807, 2.05) is 0 Å². The number of benzene rings is 1. The summed E-state index contributed by atoms with van der Waals surface area (Å²) in [5.74, 6) is 0. The summed E-state index contributed by atoms with van der Waals surface area (Å²) in [6, 6.07) is 5.22. The molecule has 0 aliphatic carbocycles. The van der Waals surface area contributed by atoms with Crippen LogP contribution in [0.15, 0.2) is 29.4 Å². The third kappa shape index (κ3) is 2.68. The molecule has 1 aromatic carbocycles. The van der Waals surface area contributed by atoms with Gasteiger partial charge in [0.05, 0.1) is 22.8 Å². The standard InChI is InChI=1S/C13H15N7O2S/c1-8-11(5-4-6-12(8)20-7-14-18-19-20)17-23(21,22)13-9(2)15-16-10(13)3/h4-7,17H,1-3H3,(H,15,16). The van der Waals surface area contributed by atoms with E-state index < -0.39 is 10.0 Å². The highest BCUT2D eigenvalue weighted by Crippen LogP contribution is 2.26. The molecule has 2 heterocycles. The SMILES string of the molecule is Cc1n[nH]c(C)c1S(=O)(=O)Nc1cccc(-n2cnnn2)c1C. The molecule has 120 valence electrons. The number of hydrogen-bond acceptors (Lipinski definition) is 6. The Morgan fingerprint density at radius 3 is 2.61 bits per heavy atom. The van der Waals surface area contributed by atoms with Crippen molar-refractivity contribution in [2.75, 3.05) is 4.72 Å². The highest BCUT2D eigenvalue weighted by Gasteiger charge is 2.23. The summed E-state index contributed by atoms with van der Waals surface area (Å²) in [6.07, 6.45) is 1.45. The molecule has 0 saturated heterocycles. The van der Waals surface area contributed by atoms with Gasteiger partial charge in [0.2, 0.25) is 0 Å². The average Bonchev–Trinajstić information content (AvgIpc) is 3.11. The van der Waals surface area contributed by atoms with E-state index in [0.29, 0.717) is 28.3 Å². The van der Waals surface area contributed by atoms with Gasteiger partial charge in [-0.05, 0) is 48.9 Å². The molecule has 10 heteroatoms. The Bertz CT molecular complexity index is 925. The zero-order chi connectivity index (χ0) is 16.6. The molecule has 2 aromatic heterocycles. The third-order valence-corrected chi connectivity index (χ3v) is 5.10. The van der Waals surface area contributed by atoms with Crippen LogP contribution in [-0.2, 0) is 10.0 Å². The highest BCUT2D eigenvalue weighted by molar-refractivity contribution is 7.92. The van der Waals surface area contributed by atoms with E-state index in [4.69, 9.17) is 0 Å². The van der Waals surface area contributed by atoms with Crippen molar-refractivity contribution < 1.29 is 8.42 Å². The van der Waals surface area contributed by atoms with Crippen molar-refractivity contribution in [1.82, 2.24) is 30.4 Å². The minimum atomic E-state index is -3.74. The van der Waals surface area contributed by atoms with Crippen molar-refractivity contribution in [3.05, 3.63) is 41.5 Å². The number of aromatic amines is 1. The summed E-state index contributed by atoms with van der Waals surface area (Å²) in [6.45, 7) is 5.10. The van der Waals surface area contributed by atoms with Crippen LogP contribution in [0.4, 0.5) is 5.69 Å². The number of H-pyrrole nitrogens is 1. The summed E-state index contributed by atoms with van der Waals surface area (Å²) in [5, 5.41) is 17.6. The first-order chi connectivity index (χ1) is 10.9. The summed E-state index contributed by atoms with van der Waals surface area (Å²) >= 11 is 0. The van der Waals surface area contributed by atoms with Crippen molar-refractivity contribution in [1.29, 1.82) is 0 Å². The van der Waals surface area contributed by atoms with Gasteiger partial charge in [0.25, 0.3) is 10.0 Å². The van der Waals surface area contributed by atoms with E-state index >= 15 is 0 Å². The number of anilines is 1. The lowest BCUT2D eigenvalue weighted by atomic mass is 10.1. The van der Waals surface area contributed by atoms with Crippen LogP contribution in [0.2, 0.25) is 0 Å². The maximum absolute atomic E-state index is 12.6. The van der Waals surface area contributed by atoms with Gasteiger partial charge in [0.1, 0.15) is 11.2 Å². The monoisotopic (exact) mass is 333 g/mol. The smallest absolute Gasteiger partial charge is 0.265 e. The number of aryl methyl sites for hydroxylation is 2. The Hall–Kier alpha value is -2.75. The predicted octanol–water partition coefficient (Wildman–Crippen LogP) is 1.11. The van der Waals surface area contributed by atoms with E-state index in [9.17, 15) is 8.42 Å². The summed E-state index contributed by atoms with van der Waals surface area (Å²) in [4.78, 5) is 0.157. The minimum Gasteiger partial charge on any atom is -0.281 e. The molecule has 0 bridgehead atoms. The maximum atomic E-state index is 12.6. The normalized spacial score (nSPS) is 11.6. The van der Waals surface area contributed by atoms with Gasteiger partial charge in [-0.1, -0.05) is 6.07 Å². The molecule has 0 spiro atoms. The Kier molecular flexibility index (Phi) is 3.60. The Morgan fingerprint density at radius 2 is 2.00 bits per heavy atom. The van der Waals surface area contributed by atoms with Crippen LogP contribution in [-0.4, -0.2) is 38.8 Å². The molecular formula is C13H15N7O2S. The quantitative estimate of drug-likeness (QED) is 0.738. The van der Waals surface area contributed by atoms with E-state index in [2.05, 4.69) is 30.4 Å². The average molecular weight is 333 g/mol. The lowest BCUT2D eigenvalue weighted by molar-refractivity contribution is 0.600. The van der Waals surface area contributed by atoms with Crippen LogP contribution in [0.25, 0.3) is 5.69 Å². The van der Waals surface area contributed by atoms with Crippen LogP contribution in [0.5, 0.6) is 0 Å². The van der Waals surface area contributed by atoms with Gasteiger partial charge in [-0.15, -0.1) is 5.10 Å². The summed E-state index contributed by atoms with van der Waals surface area (Å²) < 4.78 is 29.3. The fourth-order valence-electron chi connectivity index (χ4n) is 2.39. The largest absolute Gasteiger partial charge is 0.281 e. The molecule has 9 nitrogen and oxygen atoms in total.